The van der Waals surface area contributed by atoms with Crippen LogP contribution in [0.3, 0.4) is 0 Å². The van der Waals surface area contributed by atoms with Gasteiger partial charge in [0.2, 0.25) is 11.8 Å². The van der Waals surface area contributed by atoms with E-state index in [9.17, 15) is 9.59 Å². The van der Waals surface area contributed by atoms with Gasteiger partial charge >= 0.3 is 0 Å². The van der Waals surface area contributed by atoms with E-state index >= 15 is 0 Å². The fourth-order valence-electron chi connectivity index (χ4n) is 4.40. The van der Waals surface area contributed by atoms with Gasteiger partial charge in [0.1, 0.15) is 0 Å². The number of nitrogens with one attached hydrogen (secondary N) is 1. The molecule has 4 rings (SSSR count). The molecule has 1 unspecified atom stereocenters. The number of benzene rings is 2. The zero-order chi connectivity index (χ0) is 22.5. The van der Waals surface area contributed by atoms with E-state index in [1.165, 1.54) is 5.69 Å². The van der Waals surface area contributed by atoms with E-state index in [-0.39, 0.29) is 24.4 Å². The fourth-order valence-corrected chi connectivity index (χ4v) is 4.70. The highest BCUT2D eigenvalue weighted by atomic mass is 35.5. The molecule has 2 aromatic rings. The first-order chi connectivity index (χ1) is 15.5. The number of carbonyl (C=O) groups excluding carboxylic acids is 2. The fraction of sp³-hybridized carbons (Fsp3) is 0.417. The summed E-state index contributed by atoms with van der Waals surface area (Å²) >= 11 is 12.0. The van der Waals surface area contributed by atoms with E-state index in [1.807, 2.05) is 28.0 Å². The molecular weight excluding hydrogens is 447 g/mol. The van der Waals surface area contributed by atoms with Crippen molar-refractivity contribution in [3.8, 4) is 0 Å². The highest BCUT2D eigenvalue weighted by Crippen LogP contribution is 2.26. The van der Waals surface area contributed by atoms with Crippen molar-refractivity contribution in [2.45, 2.75) is 25.3 Å². The molecule has 0 bridgehead atoms. The molecule has 170 valence electrons. The highest BCUT2D eigenvalue weighted by molar-refractivity contribution is 6.42. The van der Waals surface area contributed by atoms with Gasteiger partial charge in [0, 0.05) is 37.6 Å². The van der Waals surface area contributed by atoms with E-state index < -0.39 is 0 Å². The average Bonchev–Trinajstić information content (AvgIpc) is 2.82. The molecule has 2 fully saturated rings. The summed E-state index contributed by atoms with van der Waals surface area (Å²) in [5.41, 5.74) is 1.80. The molecule has 1 N–H and O–H groups in total. The van der Waals surface area contributed by atoms with E-state index in [0.717, 1.165) is 38.9 Å². The standard InChI is InChI=1S/C24H28Cl2N4O2/c25-20-10-9-18(16-21(20)26)27-24(32)22-8-4-5-11-30(22)17-23(31)29-14-12-28(13-15-29)19-6-2-1-3-7-19/h1-3,6-7,9-10,16,22H,4-5,8,11-15,17H2,(H,27,32). The Morgan fingerprint density at radius 3 is 2.38 bits per heavy atom. The summed E-state index contributed by atoms with van der Waals surface area (Å²) in [5, 5.41) is 3.78. The predicted octanol–water partition coefficient (Wildman–Crippen LogP) is 4.14. The molecule has 2 aliphatic rings. The first kappa shape index (κ1) is 22.9. The van der Waals surface area contributed by atoms with Crippen molar-refractivity contribution in [1.82, 2.24) is 9.80 Å². The quantitative estimate of drug-likeness (QED) is 0.707. The molecule has 8 heteroatoms. The van der Waals surface area contributed by atoms with Crippen molar-refractivity contribution < 1.29 is 9.59 Å². The van der Waals surface area contributed by atoms with E-state index in [2.05, 4.69) is 22.3 Å². The minimum absolute atomic E-state index is 0.0898. The van der Waals surface area contributed by atoms with Gasteiger partial charge in [0.15, 0.2) is 0 Å². The number of hydrogen-bond donors (Lipinski definition) is 1. The largest absolute Gasteiger partial charge is 0.368 e. The van der Waals surface area contributed by atoms with E-state index in [4.69, 9.17) is 23.2 Å². The van der Waals surface area contributed by atoms with Gasteiger partial charge in [-0.1, -0.05) is 47.8 Å². The van der Waals surface area contributed by atoms with Crippen molar-refractivity contribution in [2.75, 3.05) is 49.5 Å². The van der Waals surface area contributed by atoms with Crippen molar-refractivity contribution in [1.29, 1.82) is 0 Å². The lowest BCUT2D eigenvalue weighted by Crippen LogP contribution is -2.54. The van der Waals surface area contributed by atoms with Gasteiger partial charge in [-0.3, -0.25) is 14.5 Å². The first-order valence-corrected chi connectivity index (χ1v) is 11.8. The highest BCUT2D eigenvalue weighted by Gasteiger charge is 2.32. The second-order valence-electron chi connectivity index (χ2n) is 8.30. The zero-order valence-electron chi connectivity index (χ0n) is 18.0. The SMILES string of the molecule is O=C(Nc1ccc(Cl)c(Cl)c1)C1CCCCN1CC(=O)N1CCN(c2ccccc2)CC1. The van der Waals surface area contributed by atoms with Crippen LogP contribution in [0.5, 0.6) is 0 Å². The molecule has 1 atom stereocenters. The van der Waals surface area contributed by atoms with Gasteiger partial charge in [-0.05, 0) is 49.7 Å². The van der Waals surface area contributed by atoms with Gasteiger partial charge in [-0.25, -0.2) is 0 Å². The third kappa shape index (κ3) is 5.55. The molecule has 2 aliphatic heterocycles. The molecule has 0 spiro atoms. The predicted molar refractivity (Wildman–Crippen MR) is 130 cm³/mol. The number of piperidine rings is 1. The van der Waals surface area contributed by atoms with Crippen LogP contribution in [-0.2, 0) is 9.59 Å². The monoisotopic (exact) mass is 474 g/mol. The molecule has 0 aliphatic carbocycles. The average molecular weight is 475 g/mol. The molecule has 0 saturated carbocycles. The van der Waals surface area contributed by atoms with Crippen LogP contribution < -0.4 is 10.2 Å². The zero-order valence-corrected chi connectivity index (χ0v) is 19.5. The first-order valence-electron chi connectivity index (χ1n) is 11.1. The Morgan fingerprint density at radius 2 is 1.66 bits per heavy atom. The molecule has 2 heterocycles. The summed E-state index contributed by atoms with van der Waals surface area (Å²) < 4.78 is 0. The molecule has 2 amide bonds. The molecule has 0 radical (unpaired) electrons. The Labute approximate surface area is 199 Å². The van der Waals surface area contributed by atoms with Crippen LogP contribution in [-0.4, -0.2) is 66.9 Å². The second-order valence-corrected chi connectivity index (χ2v) is 9.12. The molecule has 6 nitrogen and oxygen atoms in total. The number of hydrogen-bond acceptors (Lipinski definition) is 4. The minimum atomic E-state index is -0.326. The number of halogens is 2. The minimum Gasteiger partial charge on any atom is -0.368 e. The lowest BCUT2D eigenvalue weighted by atomic mass is 10.0. The van der Waals surface area contributed by atoms with Crippen LogP contribution in [0.2, 0.25) is 10.0 Å². The van der Waals surface area contributed by atoms with Gasteiger partial charge < -0.3 is 15.1 Å². The summed E-state index contributed by atoms with van der Waals surface area (Å²) in [6.45, 7) is 4.04. The van der Waals surface area contributed by atoms with Gasteiger partial charge in [-0.15, -0.1) is 0 Å². The summed E-state index contributed by atoms with van der Waals surface area (Å²) in [4.78, 5) is 32.2. The number of para-hydroxylation sites is 1. The van der Waals surface area contributed by atoms with Crippen LogP contribution in [0.25, 0.3) is 0 Å². The molecular formula is C24H28Cl2N4O2. The van der Waals surface area contributed by atoms with Crippen LogP contribution >= 0.6 is 23.2 Å². The van der Waals surface area contributed by atoms with Crippen molar-refractivity contribution in [3.63, 3.8) is 0 Å². The summed E-state index contributed by atoms with van der Waals surface area (Å²) in [6.07, 6.45) is 2.70. The molecule has 32 heavy (non-hydrogen) atoms. The Bertz CT molecular complexity index is 948. The van der Waals surface area contributed by atoms with Crippen molar-refractivity contribution >= 4 is 46.4 Å². The van der Waals surface area contributed by atoms with Crippen molar-refractivity contribution in [3.05, 3.63) is 58.6 Å². The lowest BCUT2D eigenvalue weighted by Gasteiger charge is -2.39. The van der Waals surface area contributed by atoms with E-state index in [0.29, 0.717) is 28.8 Å². The maximum Gasteiger partial charge on any atom is 0.241 e. The maximum atomic E-state index is 13.0. The molecule has 0 aromatic heterocycles. The van der Waals surface area contributed by atoms with Crippen LogP contribution in [0.1, 0.15) is 19.3 Å². The third-order valence-electron chi connectivity index (χ3n) is 6.20. The topological polar surface area (TPSA) is 55.9 Å². The lowest BCUT2D eigenvalue weighted by molar-refractivity contribution is -0.135. The Hall–Kier alpha value is -2.28. The summed E-state index contributed by atoms with van der Waals surface area (Å²) in [7, 11) is 0. The normalized spacial score (nSPS) is 19.6. The number of rotatable bonds is 5. The Balaban J connectivity index is 1.33. The van der Waals surface area contributed by atoms with Crippen LogP contribution in [0.15, 0.2) is 48.5 Å². The second kappa shape index (κ2) is 10.6. The summed E-state index contributed by atoms with van der Waals surface area (Å²) in [6, 6.07) is 15.0. The van der Waals surface area contributed by atoms with Gasteiger partial charge in [0.05, 0.1) is 22.6 Å². The number of likely N-dealkylation sites (tertiary alicyclic amines) is 1. The number of nitrogens with zero attached hydrogens (tertiary/aromatic N) is 3. The number of anilines is 2. The van der Waals surface area contributed by atoms with Gasteiger partial charge in [-0.2, -0.15) is 0 Å². The number of piperazine rings is 1. The summed E-state index contributed by atoms with van der Waals surface area (Å²) in [5.74, 6) is -0.0169. The van der Waals surface area contributed by atoms with Crippen LogP contribution in [0.4, 0.5) is 11.4 Å². The molecule has 2 saturated heterocycles. The Morgan fingerprint density at radius 1 is 0.906 bits per heavy atom. The smallest absolute Gasteiger partial charge is 0.241 e. The third-order valence-corrected chi connectivity index (χ3v) is 6.93. The Kier molecular flexibility index (Phi) is 7.55. The molecule has 2 aromatic carbocycles. The van der Waals surface area contributed by atoms with Crippen molar-refractivity contribution in [2.24, 2.45) is 0 Å². The van der Waals surface area contributed by atoms with E-state index in [1.54, 1.807) is 18.2 Å². The van der Waals surface area contributed by atoms with Crippen LogP contribution in [0, 0.1) is 0 Å². The number of carbonyl (C=O) groups is 2. The maximum absolute atomic E-state index is 13.0. The number of amides is 2. The van der Waals surface area contributed by atoms with Gasteiger partial charge in [0.25, 0.3) is 0 Å².